The Kier molecular flexibility index (Phi) is 5.55. The van der Waals surface area contributed by atoms with Crippen molar-refractivity contribution in [1.29, 1.82) is 0 Å². The van der Waals surface area contributed by atoms with Gasteiger partial charge in [0, 0.05) is 19.1 Å². The van der Waals surface area contributed by atoms with Gasteiger partial charge in [-0.25, -0.2) is 9.18 Å². The van der Waals surface area contributed by atoms with Gasteiger partial charge in [0.25, 0.3) is 0 Å². The van der Waals surface area contributed by atoms with Crippen molar-refractivity contribution in [3.8, 4) is 5.88 Å². The Labute approximate surface area is 151 Å². The van der Waals surface area contributed by atoms with Crippen LogP contribution in [0.3, 0.4) is 0 Å². The number of benzene rings is 1. The Morgan fingerprint density at radius 1 is 1.19 bits per heavy atom. The lowest BCUT2D eigenvalue weighted by Gasteiger charge is -2.33. The van der Waals surface area contributed by atoms with Crippen molar-refractivity contribution in [2.24, 2.45) is 0 Å². The number of aromatic nitrogens is 1. The van der Waals surface area contributed by atoms with Crippen molar-refractivity contribution in [2.45, 2.75) is 18.9 Å². The van der Waals surface area contributed by atoms with Gasteiger partial charge < -0.3 is 19.7 Å². The maximum absolute atomic E-state index is 13.8. The molecule has 0 spiro atoms. The number of pyridine rings is 1. The molecule has 7 heteroatoms. The van der Waals surface area contributed by atoms with E-state index in [0.29, 0.717) is 11.3 Å². The number of ether oxygens (including phenoxy) is 2. The molecular formula is C19H22FN3O3. The Morgan fingerprint density at radius 3 is 2.58 bits per heavy atom. The van der Waals surface area contributed by atoms with Crippen LogP contribution in [0, 0.1) is 5.82 Å². The molecule has 0 radical (unpaired) electrons. The number of hydrogen-bond donors (Lipinski definition) is 1. The van der Waals surface area contributed by atoms with Crippen molar-refractivity contribution < 1.29 is 18.7 Å². The van der Waals surface area contributed by atoms with Crippen LogP contribution in [0.2, 0.25) is 0 Å². The molecule has 6 nitrogen and oxygen atoms in total. The Hall–Kier alpha value is -2.83. The molecule has 26 heavy (non-hydrogen) atoms. The smallest absolute Gasteiger partial charge is 0.343 e. The monoisotopic (exact) mass is 359 g/mol. The second-order valence-electron chi connectivity index (χ2n) is 6.10. The standard InChI is InChI=1S/C19H22FN3O3/c1-25-18-14(19(24)26-2)7-8-17(22-18)23-11-9-13(10-12-23)21-16-6-4-3-5-15(16)20/h3-8,13,21H,9-12H2,1-2H3. The third-order valence-electron chi connectivity index (χ3n) is 4.50. The molecule has 1 fully saturated rings. The SMILES string of the molecule is COC(=O)c1ccc(N2CCC(Nc3ccccc3F)CC2)nc1OC. The number of hydrogen-bond acceptors (Lipinski definition) is 6. The molecule has 1 aliphatic heterocycles. The minimum absolute atomic E-state index is 0.208. The number of para-hydroxylation sites is 1. The average molecular weight is 359 g/mol. The molecule has 1 N–H and O–H groups in total. The van der Waals surface area contributed by atoms with Crippen LogP contribution in [0.5, 0.6) is 5.88 Å². The van der Waals surface area contributed by atoms with E-state index in [1.54, 1.807) is 24.3 Å². The fourth-order valence-electron chi connectivity index (χ4n) is 3.08. The zero-order valence-corrected chi connectivity index (χ0v) is 14.9. The van der Waals surface area contributed by atoms with Crippen LogP contribution >= 0.6 is 0 Å². The first-order valence-electron chi connectivity index (χ1n) is 8.51. The van der Waals surface area contributed by atoms with Crippen LogP contribution in [-0.2, 0) is 4.74 Å². The molecule has 0 amide bonds. The summed E-state index contributed by atoms with van der Waals surface area (Å²) < 4.78 is 23.7. The highest BCUT2D eigenvalue weighted by Gasteiger charge is 2.23. The van der Waals surface area contributed by atoms with Gasteiger partial charge in [0.05, 0.1) is 19.9 Å². The van der Waals surface area contributed by atoms with Gasteiger partial charge in [-0.3, -0.25) is 0 Å². The number of rotatable bonds is 5. The normalized spacial score (nSPS) is 14.8. The summed E-state index contributed by atoms with van der Waals surface area (Å²) >= 11 is 0. The van der Waals surface area contributed by atoms with Crippen molar-refractivity contribution in [3.05, 3.63) is 47.8 Å². The van der Waals surface area contributed by atoms with E-state index < -0.39 is 5.97 Å². The highest BCUT2D eigenvalue weighted by atomic mass is 19.1. The third-order valence-corrected chi connectivity index (χ3v) is 4.50. The zero-order chi connectivity index (χ0) is 18.5. The fraction of sp³-hybridized carbons (Fsp3) is 0.368. The summed E-state index contributed by atoms with van der Waals surface area (Å²) in [4.78, 5) is 18.3. The summed E-state index contributed by atoms with van der Waals surface area (Å²) in [5.74, 6) is 0.285. The summed E-state index contributed by atoms with van der Waals surface area (Å²) in [6.45, 7) is 1.56. The van der Waals surface area contributed by atoms with Gasteiger partial charge in [0.2, 0.25) is 5.88 Å². The molecule has 138 valence electrons. The predicted molar refractivity (Wildman–Crippen MR) is 97.4 cm³/mol. The summed E-state index contributed by atoms with van der Waals surface area (Å²) in [5, 5.41) is 3.27. The molecule has 1 aromatic carbocycles. The second-order valence-corrected chi connectivity index (χ2v) is 6.10. The Balaban J connectivity index is 1.64. The van der Waals surface area contributed by atoms with E-state index in [0.717, 1.165) is 31.7 Å². The first-order chi connectivity index (χ1) is 12.6. The number of halogens is 1. The summed E-state index contributed by atoms with van der Waals surface area (Å²) in [6, 6.07) is 10.4. The van der Waals surface area contributed by atoms with Gasteiger partial charge in [0.15, 0.2) is 0 Å². The molecule has 0 unspecified atom stereocenters. The second kappa shape index (κ2) is 8.03. The van der Waals surface area contributed by atoms with Gasteiger partial charge in [-0.05, 0) is 37.1 Å². The molecule has 3 rings (SSSR count). The molecule has 1 saturated heterocycles. The number of carbonyl (C=O) groups excluding carboxylic acids is 1. The van der Waals surface area contributed by atoms with Crippen LogP contribution in [0.4, 0.5) is 15.9 Å². The molecule has 0 saturated carbocycles. The molecule has 1 aromatic heterocycles. The van der Waals surface area contributed by atoms with Crippen molar-refractivity contribution >= 4 is 17.5 Å². The van der Waals surface area contributed by atoms with Crippen LogP contribution < -0.4 is 15.0 Å². The van der Waals surface area contributed by atoms with E-state index in [-0.39, 0.29) is 17.7 Å². The molecule has 2 aromatic rings. The molecule has 1 aliphatic rings. The largest absolute Gasteiger partial charge is 0.480 e. The topological polar surface area (TPSA) is 63.7 Å². The highest BCUT2D eigenvalue weighted by molar-refractivity contribution is 5.92. The van der Waals surface area contributed by atoms with Gasteiger partial charge in [0.1, 0.15) is 17.2 Å². The number of carbonyl (C=O) groups is 1. The minimum atomic E-state index is -0.478. The van der Waals surface area contributed by atoms with E-state index in [1.165, 1.54) is 20.3 Å². The summed E-state index contributed by atoms with van der Waals surface area (Å²) in [7, 11) is 2.80. The molecule has 0 atom stereocenters. The Morgan fingerprint density at radius 2 is 1.92 bits per heavy atom. The van der Waals surface area contributed by atoms with E-state index in [1.807, 2.05) is 6.07 Å². The highest BCUT2D eigenvalue weighted by Crippen LogP contribution is 2.25. The first kappa shape index (κ1) is 18.0. The van der Waals surface area contributed by atoms with E-state index in [9.17, 15) is 9.18 Å². The van der Waals surface area contributed by atoms with Crippen molar-refractivity contribution in [2.75, 3.05) is 37.5 Å². The van der Waals surface area contributed by atoms with Crippen LogP contribution in [0.25, 0.3) is 0 Å². The number of nitrogens with one attached hydrogen (secondary N) is 1. The zero-order valence-electron chi connectivity index (χ0n) is 14.9. The summed E-state index contributed by atoms with van der Waals surface area (Å²) in [6.07, 6.45) is 1.72. The van der Waals surface area contributed by atoms with Gasteiger partial charge in [-0.15, -0.1) is 0 Å². The average Bonchev–Trinajstić information content (AvgIpc) is 2.69. The van der Waals surface area contributed by atoms with Crippen LogP contribution in [0.15, 0.2) is 36.4 Å². The lowest BCUT2D eigenvalue weighted by atomic mass is 10.0. The third kappa shape index (κ3) is 3.87. The van der Waals surface area contributed by atoms with E-state index in [2.05, 4.69) is 15.2 Å². The predicted octanol–water partition coefficient (Wildman–Crippen LogP) is 3.10. The number of piperidine rings is 1. The van der Waals surface area contributed by atoms with E-state index >= 15 is 0 Å². The van der Waals surface area contributed by atoms with Gasteiger partial charge in [-0.2, -0.15) is 4.98 Å². The lowest BCUT2D eigenvalue weighted by molar-refractivity contribution is 0.0596. The van der Waals surface area contributed by atoms with Gasteiger partial charge >= 0.3 is 5.97 Å². The summed E-state index contributed by atoms with van der Waals surface area (Å²) in [5.41, 5.74) is 0.836. The van der Waals surface area contributed by atoms with Crippen LogP contribution in [0.1, 0.15) is 23.2 Å². The maximum atomic E-state index is 13.8. The van der Waals surface area contributed by atoms with Crippen LogP contribution in [-0.4, -0.2) is 44.3 Å². The molecule has 0 aliphatic carbocycles. The van der Waals surface area contributed by atoms with Crippen molar-refractivity contribution in [3.63, 3.8) is 0 Å². The fourth-order valence-corrected chi connectivity index (χ4v) is 3.08. The Bertz CT molecular complexity index is 776. The molecule has 2 heterocycles. The molecular weight excluding hydrogens is 337 g/mol. The lowest BCUT2D eigenvalue weighted by Crippen LogP contribution is -2.39. The maximum Gasteiger partial charge on any atom is 0.343 e. The minimum Gasteiger partial charge on any atom is -0.480 e. The van der Waals surface area contributed by atoms with Crippen molar-refractivity contribution in [1.82, 2.24) is 4.98 Å². The number of anilines is 2. The number of nitrogens with zero attached hydrogens (tertiary/aromatic N) is 2. The number of methoxy groups -OCH3 is 2. The van der Waals surface area contributed by atoms with Gasteiger partial charge in [-0.1, -0.05) is 12.1 Å². The van der Waals surface area contributed by atoms with E-state index in [4.69, 9.17) is 9.47 Å². The quantitative estimate of drug-likeness (QED) is 0.828. The number of esters is 1. The first-order valence-corrected chi connectivity index (χ1v) is 8.51. The molecule has 0 bridgehead atoms.